The van der Waals surface area contributed by atoms with Crippen LogP contribution < -0.4 is 4.74 Å². The van der Waals surface area contributed by atoms with Crippen LogP contribution in [0.4, 0.5) is 0 Å². The molecular weight excluding hydrogens is 410 g/mol. The maximum Gasteiger partial charge on any atom is 0.223 e. The molecule has 5 heteroatoms. The van der Waals surface area contributed by atoms with Gasteiger partial charge in [0.1, 0.15) is 18.2 Å². The maximum atomic E-state index is 13.0. The fraction of sp³-hybridized carbons (Fsp3) is 0.286. The lowest BCUT2D eigenvalue weighted by atomic mass is 10.1. The lowest BCUT2D eigenvalue weighted by Gasteiger charge is -2.25. The van der Waals surface area contributed by atoms with Crippen molar-refractivity contribution in [1.29, 1.82) is 0 Å². The van der Waals surface area contributed by atoms with Gasteiger partial charge >= 0.3 is 0 Å². The second-order valence-corrected chi connectivity index (χ2v) is 8.81. The van der Waals surface area contributed by atoms with E-state index in [0.29, 0.717) is 26.1 Å². The minimum Gasteiger partial charge on any atom is -0.492 e. The van der Waals surface area contributed by atoms with Crippen LogP contribution in [-0.4, -0.2) is 33.5 Å². The van der Waals surface area contributed by atoms with Gasteiger partial charge in [-0.15, -0.1) is 0 Å². The molecule has 1 fully saturated rings. The van der Waals surface area contributed by atoms with E-state index >= 15 is 0 Å². The molecule has 168 valence electrons. The van der Waals surface area contributed by atoms with Crippen molar-refractivity contribution in [3.05, 3.63) is 95.8 Å². The Morgan fingerprint density at radius 2 is 1.82 bits per heavy atom. The molecule has 1 aromatic heterocycles. The molecule has 4 aromatic rings. The Bertz CT molecular complexity index is 1260. The fourth-order valence-electron chi connectivity index (χ4n) is 4.79. The van der Waals surface area contributed by atoms with E-state index in [0.717, 1.165) is 28.2 Å². The van der Waals surface area contributed by atoms with Gasteiger partial charge in [-0.1, -0.05) is 54.6 Å². The summed E-state index contributed by atoms with van der Waals surface area (Å²) < 4.78 is 8.27. The number of hydrogen-bond donors (Lipinski definition) is 0. The quantitative estimate of drug-likeness (QED) is 0.382. The van der Waals surface area contributed by atoms with Crippen LogP contribution in [-0.2, 0) is 11.3 Å². The van der Waals surface area contributed by atoms with Crippen LogP contribution in [0.25, 0.3) is 11.0 Å². The zero-order valence-corrected chi connectivity index (χ0v) is 19.1. The first-order valence-corrected chi connectivity index (χ1v) is 11.6. The molecule has 0 saturated carbocycles. The second-order valence-electron chi connectivity index (χ2n) is 8.81. The molecular formula is C28H29N3O2. The van der Waals surface area contributed by atoms with Crippen LogP contribution >= 0.6 is 0 Å². The number of para-hydroxylation sites is 2. The summed E-state index contributed by atoms with van der Waals surface area (Å²) >= 11 is 0. The third kappa shape index (κ3) is 4.36. The number of aryl methyl sites for hydroxylation is 1. The van der Waals surface area contributed by atoms with E-state index in [9.17, 15) is 4.79 Å². The van der Waals surface area contributed by atoms with Crippen molar-refractivity contribution in [2.75, 3.05) is 13.2 Å². The molecule has 0 bridgehead atoms. The van der Waals surface area contributed by atoms with Gasteiger partial charge in [0, 0.05) is 18.9 Å². The highest BCUT2D eigenvalue weighted by Gasteiger charge is 2.36. The Hall–Kier alpha value is -3.60. The average molecular weight is 440 g/mol. The van der Waals surface area contributed by atoms with E-state index in [-0.39, 0.29) is 17.9 Å². The first kappa shape index (κ1) is 21.3. The Balaban J connectivity index is 1.38. The summed E-state index contributed by atoms with van der Waals surface area (Å²) in [7, 11) is 0. The Morgan fingerprint density at radius 3 is 2.64 bits per heavy atom. The summed E-state index contributed by atoms with van der Waals surface area (Å²) in [6.07, 6.45) is 0.485. The van der Waals surface area contributed by atoms with Crippen molar-refractivity contribution in [2.45, 2.75) is 38.8 Å². The van der Waals surface area contributed by atoms with E-state index in [1.165, 1.54) is 5.56 Å². The molecule has 1 aliphatic heterocycles. The van der Waals surface area contributed by atoms with E-state index in [1.54, 1.807) is 0 Å². The van der Waals surface area contributed by atoms with Gasteiger partial charge in [-0.2, -0.15) is 0 Å². The number of fused-ring (bicyclic) bond motifs is 1. The lowest BCUT2D eigenvalue weighted by molar-refractivity contribution is -0.129. The van der Waals surface area contributed by atoms with Gasteiger partial charge < -0.3 is 14.2 Å². The van der Waals surface area contributed by atoms with Crippen molar-refractivity contribution in [1.82, 2.24) is 14.5 Å². The highest BCUT2D eigenvalue weighted by Crippen LogP contribution is 2.35. The van der Waals surface area contributed by atoms with Gasteiger partial charge in [-0.3, -0.25) is 4.79 Å². The SMILES string of the molecule is Cc1cccc(OCCn2c(C3CC(=O)N(C(C)c4ccccc4)C3)nc3ccccc32)c1. The van der Waals surface area contributed by atoms with Crippen LogP contribution in [0.2, 0.25) is 0 Å². The molecule has 2 unspecified atom stereocenters. The third-order valence-electron chi connectivity index (χ3n) is 6.53. The summed E-state index contributed by atoms with van der Waals surface area (Å²) in [5, 5.41) is 0. The van der Waals surface area contributed by atoms with Gasteiger partial charge in [-0.05, 0) is 49.2 Å². The molecule has 33 heavy (non-hydrogen) atoms. The summed E-state index contributed by atoms with van der Waals surface area (Å²) in [6.45, 7) is 6.07. The number of hydrogen-bond acceptors (Lipinski definition) is 3. The van der Waals surface area contributed by atoms with Crippen molar-refractivity contribution < 1.29 is 9.53 Å². The predicted molar refractivity (Wildman–Crippen MR) is 130 cm³/mol. The number of carbonyl (C=O) groups is 1. The molecule has 1 amide bonds. The number of rotatable bonds is 7. The molecule has 3 aromatic carbocycles. The number of imidazole rings is 1. The number of nitrogens with zero attached hydrogens (tertiary/aromatic N) is 3. The first-order chi connectivity index (χ1) is 16.1. The van der Waals surface area contributed by atoms with E-state index in [2.05, 4.69) is 42.7 Å². The normalized spacial score (nSPS) is 17.0. The van der Waals surface area contributed by atoms with E-state index in [1.807, 2.05) is 59.5 Å². The summed E-state index contributed by atoms with van der Waals surface area (Å²) in [6, 6.07) is 26.6. The number of likely N-dealkylation sites (tertiary alicyclic amines) is 1. The van der Waals surface area contributed by atoms with Gasteiger partial charge in [-0.25, -0.2) is 4.98 Å². The van der Waals surface area contributed by atoms with Crippen LogP contribution in [0, 0.1) is 6.92 Å². The number of benzene rings is 3. The molecule has 1 saturated heterocycles. The first-order valence-electron chi connectivity index (χ1n) is 11.6. The van der Waals surface area contributed by atoms with Crippen LogP contribution in [0.5, 0.6) is 5.75 Å². The van der Waals surface area contributed by atoms with Crippen molar-refractivity contribution in [3.8, 4) is 5.75 Å². The highest BCUT2D eigenvalue weighted by molar-refractivity contribution is 5.81. The predicted octanol–water partition coefficient (Wildman–Crippen LogP) is 5.50. The molecule has 0 N–H and O–H groups in total. The monoisotopic (exact) mass is 439 g/mol. The minimum atomic E-state index is 0.0474. The van der Waals surface area contributed by atoms with Crippen molar-refractivity contribution in [2.24, 2.45) is 0 Å². The number of aromatic nitrogens is 2. The zero-order chi connectivity index (χ0) is 22.8. The summed E-state index contributed by atoms with van der Waals surface area (Å²) in [4.78, 5) is 20.0. The number of carbonyl (C=O) groups excluding carboxylic acids is 1. The Kier molecular flexibility index (Phi) is 5.86. The lowest BCUT2D eigenvalue weighted by Crippen LogP contribution is -2.28. The topological polar surface area (TPSA) is 47.4 Å². The molecule has 0 aliphatic carbocycles. The molecule has 2 heterocycles. The fourth-order valence-corrected chi connectivity index (χ4v) is 4.79. The average Bonchev–Trinajstić information content (AvgIpc) is 3.40. The largest absolute Gasteiger partial charge is 0.492 e. The highest BCUT2D eigenvalue weighted by atomic mass is 16.5. The molecule has 5 nitrogen and oxygen atoms in total. The summed E-state index contributed by atoms with van der Waals surface area (Å²) in [5.41, 5.74) is 4.39. The smallest absolute Gasteiger partial charge is 0.223 e. The maximum absolute atomic E-state index is 13.0. The molecule has 1 aliphatic rings. The minimum absolute atomic E-state index is 0.0474. The standard InChI is InChI=1S/C28H29N3O2/c1-20-9-8-12-24(17-20)33-16-15-30-26-14-7-6-13-25(26)29-28(30)23-18-27(32)31(19-23)21(2)22-10-4-3-5-11-22/h3-14,17,21,23H,15-16,18-19H2,1-2H3. The second kappa shape index (κ2) is 9.10. The third-order valence-corrected chi connectivity index (χ3v) is 6.53. The Morgan fingerprint density at radius 1 is 1.03 bits per heavy atom. The van der Waals surface area contributed by atoms with Gasteiger partial charge in [0.05, 0.1) is 23.6 Å². The van der Waals surface area contributed by atoms with Gasteiger partial charge in [0.15, 0.2) is 0 Å². The number of amides is 1. The molecule has 0 radical (unpaired) electrons. The molecule has 2 atom stereocenters. The van der Waals surface area contributed by atoms with Crippen LogP contribution in [0.1, 0.15) is 42.3 Å². The van der Waals surface area contributed by atoms with Crippen molar-refractivity contribution in [3.63, 3.8) is 0 Å². The van der Waals surface area contributed by atoms with Crippen LogP contribution in [0.15, 0.2) is 78.9 Å². The van der Waals surface area contributed by atoms with Crippen LogP contribution in [0.3, 0.4) is 0 Å². The molecule has 5 rings (SSSR count). The van der Waals surface area contributed by atoms with E-state index in [4.69, 9.17) is 9.72 Å². The van der Waals surface area contributed by atoms with Gasteiger partial charge in [0.25, 0.3) is 0 Å². The Labute approximate surface area is 194 Å². The molecule has 0 spiro atoms. The number of ether oxygens (including phenoxy) is 1. The van der Waals surface area contributed by atoms with Gasteiger partial charge in [0.2, 0.25) is 5.91 Å². The zero-order valence-electron chi connectivity index (χ0n) is 19.1. The van der Waals surface area contributed by atoms with E-state index < -0.39 is 0 Å². The van der Waals surface area contributed by atoms with Crippen molar-refractivity contribution >= 4 is 16.9 Å². The summed E-state index contributed by atoms with van der Waals surface area (Å²) in [5.74, 6) is 2.10.